The van der Waals surface area contributed by atoms with E-state index >= 15 is 0 Å². The number of pyridine rings is 1. The van der Waals surface area contributed by atoms with Crippen LogP contribution in [0.15, 0.2) is 60.9 Å². The van der Waals surface area contributed by atoms with Gasteiger partial charge in [0.2, 0.25) is 0 Å². The molecule has 0 saturated carbocycles. The van der Waals surface area contributed by atoms with E-state index in [2.05, 4.69) is 58.4 Å². The molecule has 2 aliphatic heterocycles. The van der Waals surface area contributed by atoms with Crippen molar-refractivity contribution >= 4 is 11.7 Å². The van der Waals surface area contributed by atoms with Crippen molar-refractivity contribution in [2.24, 2.45) is 0 Å². The maximum atomic E-state index is 13.5. The van der Waals surface area contributed by atoms with Crippen LogP contribution < -0.4 is 5.32 Å². The quantitative estimate of drug-likeness (QED) is 0.686. The Balaban J connectivity index is 1.30. The summed E-state index contributed by atoms with van der Waals surface area (Å²) in [7, 11) is 0. The first-order valence-corrected chi connectivity index (χ1v) is 11.3. The van der Waals surface area contributed by atoms with Gasteiger partial charge in [-0.2, -0.15) is 5.10 Å². The number of anilines is 1. The fourth-order valence-corrected chi connectivity index (χ4v) is 4.79. The highest BCUT2D eigenvalue weighted by molar-refractivity contribution is 5.99. The van der Waals surface area contributed by atoms with Gasteiger partial charge < -0.3 is 10.2 Å². The number of piperazine rings is 1. The Labute approximate surface area is 189 Å². The van der Waals surface area contributed by atoms with Crippen molar-refractivity contribution in [2.45, 2.75) is 38.4 Å². The van der Waals surface area contributed by atoms with Crippen molar-refractivity contribution in [1.82, 2.24) is 24.6 Å². The van der Waals surface area contributed by atoms with Crippen molar-refractivity contribution in [3.63, 3.8) is 0 Å². The number of nitrogens with zero attached hydrogens (tertiary/aromatic N) is 5. The smallest absolute Gasteiger partial charge is 0.259 e. The normalized spacial score (nSPS) is 20.4. The molecule has 0 radical (unpaired) electrons. The Morgan fingerprint density at radius 3 is 2.53 bits per heavy atom. The van der Waals surface area contributed by atoms with Gasteiger partial charge >= 0.3 is 0 Å². The van der Waals surface area contributed by atoms with Crippen LogP contribution in [0.5, 0.6) is 0 Å². The van der Waals surface area contributed by atoms with E-state index in [9.17, 15) is 4.79 Å². The van der Waals surface area contributed by atoms with Crippen molar-refractivity contribution in [3.8, 4) is 0 Å². The summed E-state index contributed by atoms with van der Waals surface area (Å²) in [4.78, 5) is 22.4. The average molecular weight is 431 g/mol. The van der Waals surface area contributed by atoms with Crippen LogP contribution >= 0.6 is 0 Å². The molecule has 7 heteroatoms. The summed E-state index contributed by atoms with van der Waals surface area (Å²) < 4.78 is 1.96. The zero-order valence-electron chi connectivity index (χ0n) is 18.7. The number of hydrogen-bond donors (Lipinski definition) is 1. The average Bonchev–Trinajstić information content (AvgIpc) is 3.25. The van der Waals surface area contributed by atoms with E-state index in [1.807, 2.05) is 40.0 Å². The van der Waals surface area contributed by atoms with E-state index in [1.54, 1.807) is 6.20 Å². The Kier molecular flexibility index (Phi) is 5.43. The Morgan fingerprint density at radius 1 is 1.06 bits per heavy atom. The van der Waals surface area contributed by atoms with Crippen LogP contribution in [0.2, 0.25) is 0 Å². The van der Waals surface area contributed by atoms with Gasteiger partial charge in [0.25, 0.3) is 5.91 Å². The second-order valence-electron chi connectivity index (χ2n) is 9.34. The SMILES string of the molecule is CC1(C)CC(c2ccccn2)Nc2c(C(=O)N3CCN(Cc4ccccc4)CC3)cnn21. The second-order valence-corrected chi connectivity index (χ2v) is 9.34. The van der Waals surface area contributed by atoms with Crippen molar-refractivity contribution in [3.05, 3.63) is 77.7 Å². The third kappa shape index (κ3) is 4.00. The first-order valence-electron chi connectivity index (χ1n) is 11.3. The molecule has 1 N–H and O–H groups in total. The molecule has 2 aromatic heterocycles. The maximum Gasteiger partial charge on any atom is 0.259 e. The Bertz CT molecular complexity index is 1070. The lowest BCUT2D eigenvalue weighted by molar-refractivity contribution is 0.0629. The molecular weight excluding hydrogens is 400 g/mol. The minimum absolute atomic E-state index is 0.0460. The molecule has 5 rings (SSSR count). The molecule has 3 aromatic rings. The Morgan fingerprint density at radius 2 is 1.81 bits per heavy atom. The molecule has 7 nitrogen and oxygen atoms in total. The molecule has 4 heterocycles. The van der Waals surface area contributed by atoms with Gasteiger partial charge in [-0.15, -0.1) is 0 Å². The van der Waals surface area contributed by atoms with Crippen LogP contribution in [0.4, 0.5) is 5.82 Å². The van der Waals surface area contributed by atoms with Gasteiger partial charge in [-0.05, 0) is 38.0 Å². The number of hydrogen-bond acceptors (Lipinski definition) is 5. The van der Waals surface area contributed by atoms with Gasteiger partial charge in [0.15, 0.2) is 0 Å². The number of carbonyl (C=O) groups excluding carboxylic acids is 1. The van der Waals surface area contributed by atoms with E-state index in [0.29, 0.717) is 5.56 Å². The number of nitrogens with one attached hydrogen (secondary N) is 1. The molecule has 1 unspecified atom stereocenters. The molecule has 1 fully saturated rings. The zero-order valence-corrected chi connectivity index (χ0v) is 18.7. The maximum absolute atomic E-state index is 13.5. The summed E-state index contributed by atoms with van der Waals surface area (Å²) in [5.41, 5.74) is 2.73. The van der Waals surface area contributed by atoms with Crippen LogP contribution in [0, 0.1) is 0 Å². The van der Waals surface area contributed by atoms with Gasteiger partial charge in [-0.3, -0.25) is 14.7 Å². The van der Waals surface area contributed by atoms with E-state index in [4.69, 9.17) is 0 Å². The number of rotatable bonds is 4. The topological polar surface area (TPSA) is 66.3 Å². The fourth-order valence-electron chi connectivity index (χ4n) is 4.79. The lowest BCUT2D eigenvalue weighted by Crippen LogP contribution is -2.48. The van der Waals surface area contributed by atoms with E-state index in [1.165, 1.54) is 5.56 Å². The first kappa shape index (κ1) is 20.7. The predicted octanol–water partition coefficient (Wildman–Crippen LogP) is 3.53. The molecule has 1 atom stereocenters. The van der Waals surface area contributed by atoms with Crippen LogP contribution in [0.25, 0.3) is 0 Å². The summed E-state index contributed by atoms with van der Waals surface area (Å²) in [5, 5.41) is 8.16. The van der Waals surface area contributed by atoms with Crippen LogP contribution in [0.1, 0.15) is 47.9 Å². The first-order chi connectivity index (χ1) is 15.5. The number of amides is 1. The second kappa shape index (κ2) is 8.39. The van der Waals surface area contributed by atoms with Crippen molar-refractivity contribution < 1.29 is 4.79 Å². The molecule has 0 aliphatic carbocycles. The van der Waals surface area contributed by atoms with Gasteiger partial charge in [0, 0.05) is 38.9 Å². The summed E-state index contributed by atoms with van der Waals surface area (Å²) >= 11 is 0. The van der Waals surface area contributed by atoms with Gasteiger partial charge in [0.1, 0.15) is 11.4 Å². The van der Waals surface area contributed by atoms with Crippen molar-refractivity contribution in [2.75, 3.05) is 31.5 Å². The van der Waals surface area contributed by atoms with Gasteiger partial charge in [0.05, 0.1) is 23.5 Å². The molecule has 1 amide bonds. The summed E-state index contributed by atoms with van der Waals surface area (Å²) in [5.74, 6) is 0.851. The summed E-state index contributed by atoms with van der Waals surface area (Å²) in [6.07, 6.45) is 4.39. The fraction of sp³-hybridized carbons (Fsp3) is 0.400. The number of aromatic nitrogens is 3. The van der Waals surface area contributed by atoms with Crippen LogP contribution in [-0.4, -0.2) is 56.7 Å². The summed E-state index contributed by atoms with van der Waals surface area (Å²) in [6.45, 7) is 8.45. The molecule has 2 aliphatic rings. The third-order valence-electron chi connectivity index (χ3n) is 6.54. The monoisotopic (exact) mass is 430 g/mol. The van der Waals surface area contributed by atoms with Crippen molar-refractivity contribution in [1.29, 1.82) is 0 Å². The highest BCUT2D eigenvalue weighted by Gasteiger charge is 2.38. The number of carbonyl (C=O) groups is 1. The molecule has 1 saturated heterocycles. The lowest BCUT2D eigenvalue weighted by atomic mass is 9.91. The highest BCUT2D eigenvalue weighted by Crippen LogP contribution is 2.39. The molecule has 0 bridgehead atoms. The Hall–Kier alpha value is -3.19. The third-order valence-corrected chi connectivity index (χ3v) is 6.54. The van der Waals surface area contributed by atoms with Crippen LogP contribution in [0.3, 0.4) is 0 Å². The minimum Gasteiger partial charge on any atom is -0.361 e. The van der Waals surface area contributed by atoms with Gasteiger partial charge in [-0.25, -0.2) is 4.68 Å². The molecule has 166 valence electrons. The molecular formula is C25H30N6O. The van der Waals surface area contributed by atoms with E-state index in [-0.39, 0.29) is 17.5 Å². The number of benzene rings is 1. The van der Waals surface area contributed by atoms with E-state index < -0.39 is 0 Å². The highest BCUT2D eigenvalue weighted by atomic mass is 16.2. The van der Waals surface area contributed by atoms with Crippen LogP contribution in [-0.2, 0) is 12.1 Å². The lowest BCUT2D eigenvalue weighted by Gasteiger charge is -2.38. The minimum atomic E-state index is -0.213. The number of fused-ring (bicyclic) bond motifs is 1. The standard InChI is InChI=1S/C25H30N6O/c1-25(2)16-22(21-10-6-7-11-26-21)28-23-20(17-27-31(23)25)24(32)30-14-12-29(13-15-30)18-19-8-4-3-5-9-19/h3-11,17,22,28H,12-16,18H2,1-2H3. The molecule has 0 spiro atoms. The molecule has 32 heavy (non-hydrogen) atoms. The predicted molar refractivity (Wildman–Crippen MR) is 124 cm³/mol. The largest absolute Gasteiger partial charge is 0.361 e. The molecule has 1 aromatic carbocycles. The summed E-state index contributed by atoms with van der Waals surface area (Å²) in [6, 6.07) is 16.5. The van der Waals surface area contributed by atoms with Gasteiger partial charge in [-0.1, -0.05) is 36.4 Å². The van der Waals surface area contributed by atoms with E-state index in [0.717, 1.165) is 50.7 Å². The zero-order chi connectivity index (χ0) is 22.1.